The smallest absolute Gasteiger partial charge is 0.225 e. The van der Waals surface area contributed by atoms with E-state index in [1.54, 1.807) is 0 Å². The van der Waals surface area contributed by atoms with Gasteiger partial charge in [0.1, 0.15) is 0 Å². The normalized spacial score (nSPS) is 18.6. The van der Waals surface area contributed by atoms with Crippen molar-refractivity contribution in [3.63, 3.8) is 0 Å². The fourth-order valence-electron chi connectivity index (χ4n) is 3.74. The van der Waals surface area contributed by atoms with E-state index in [4.69, 9.17) is 4.74 Å². The average molecular weight is 565 g/mol. The van der Waals surface area contributed by atoms with Gasteiger partial charge >= 0.3 is 0 Å². The highest BCUT2D eigenvalue weighted by Gasteiger charge is 2.30. The van der Waals surface area contributed by atoms with Crippen LogP contribution in [0.25, 0.3) is 0 Å². The third-order valence-corrected chi connectivity index (χ3v) is 5.91. The van der Waals surface area contributed by atoms with E-state index >= 15 is 0 Å². The molecular weight excluding hydrogens is 535 g/mol. The van der Waals surface area contributed by atoms with Crippen molar-refractivity contribution in [3.05, 3.63) is 33.8 Å². The van der Waals surface area contributed by atoms with Crippen LogP contribution in [-0.4, -0.2) is 68.1 Å². The van der Waals surface area contributed by atoms with Crippen molar-refractivity contribution < 1.29 is 9.53 Å². The number of hydrogen-bond acceptors (Lipinski definition) is 3. The molecule has 0 unspecified atom stereocenters. The molecule has 0 bridgehead atoms. The minimum Gasteiger partial charge on any atom is -0.378 e. The molecule has 2 saturated heterocycles. The Kier molecular flexibility index (Phi) is 9.49. The van der Waals surface area contributed by atoms with Crippen molar-refractivity contribution >= 4 is 51.8 Å². The van der Waals surface area contributed by atoms with Crippen LogP contribution in [-0.2, 0) is 16.1 Å². The summed E-state index contributed by atoms with van der Waals surface area (Å²) in [6, 6.07) is 6.32. The van der Waals surface area contributed by atoms with E-state index in [1.807, 2.05) is 11.9 Å². The summed E-state index contributed by atoms with van der Waals surface area (Å²) in [7, 11) is 1.82. The lowest BCUT2D eigenvalue weighted by molar-refractivity contribution is -0.140. The number of halogens is 2. The molecule has 0 saturated carbocycles. The van der Waals surface area contributed by atoms with Crippen LogP contribution in [0, 0.1) is 12.8 Å². The lowest BCUT2D eigenvalue weighted by atomic mass is 9.95. The minimum atomic E-state index is 0. The second kappa shape index (κ2) is 11.3. The van der Waals surface area contributed by atoms with Crippen LogP contribution in [0.2, 0.25) is 0 Å². The van der Waals surface area contributed by atoms with E-state index in [9.17, 15) is 4.79 Å². The third-order valence-electron chi connectivity index (χ3n) is 5.42. The van der Waals surface area contributed by atoms with Crippen LogP contribution < -0.4 is 5.32 Å². The summed E-state index contributed by atoms with van der Waals surface area (Å²) in [4.78, 5) is 21.3. The maximum atomic E-state index is 12.7. The molecule has 2 heterocycles. The maximum Gasteiger partial charge on any atom is 0.225 e. The summed E-state index contributed by atoms with van der Waals surface area (Å²) in [5, 5.41) is 3.47. The van der Waals surface area contributed by atoms with Crippen molar-refractivity contribution in [2.24, 2.45) is 10.9 Å². The van der Waals surface area contributed by atoms with Gasteiger partial charge in [-0.25, -0.2) is 0 Å². The Morgan fingerprint density at radius 2 is 1.89 bits per heavy atom. The van der Waals surface area contributed by atoms with Gasteiger partial charge in [0.05, 0.1) is 13.2 Å². The molecule has 156 valence electrons. The molecule has 1 aromatic carbocycles. The van der Waals surface area contributed by atoms with Gasteiger partial charge in [0.25, 0.3) is 0 Å². The highest BCUT2D eigenvalue weighted by Crippen LogP contribution is 2.21. The zero-order chi connectivity index (χ0) is 19.2. The van der Waals surface area contributed by atoms with Gasteiger partial charge in [0.15, 0.2) is 5.96 Å². The Morgan fingerprint density at radius 1 is 1.21 bits per heavy atom. The molecule has 0 aliphatic carbocycles. The number of guanidine groups is 1. The predicted octanol–water partition coefficient (Wildman–Crippen LogP) is 3.02. The number of nitrogens with one attached hydrogen (secondary N) is 1. The standard InChI is InChI=1S/C20H29BrN4O2.HI/c1-15-13-18(21)4-3-17(15)14-23-20(22-2)25-7-5-16(6-8-25)19(26)24-9-11-27-12-10-24;/h3-4,13,16H,5-12,14H2,1-2H3,(H,22,23);1H. The molecule has 0 spiro atoms. The lowest BCUT2D eigenvalue weighted by Crippen LogP contribution is -2.49. The van der Waals surface area contributed by atoms with E-state index in [-0.39, 0.29) is 29.9 Å². The molecule has 0 aromatic heterocycles. The van der Waals surface area contributed by atoms with Gasteiger partial charge < -0.3 is 19.9 Å². The Morgan fingerprint density at radius 3 is 2.50 bits per heavy atom. The van der Waals surface area contributed by atoms with Gasteiger partial charge in [-0.05, 0) is 43.0 Å². The Hall–Kier alpha value is -0.870. The number of hydrogen-bond donors (Lipinski definition) is 1. The van der Waals surface area contributed by atoms with Crippen LogP contribution in [0.4, 0.5) is 0 Å². The van der Waals surface area contributed by atoms with Crippen LogP contribution >= 0.6 is 39.9 Å². The summed E-state index contributed by atoms with van der Waals surface area (Å²) < 4.78 is 6.45. The number of carbonyl (C=O) groups excluding carboxylic acids is 1. The van der Waals surface area contributed by atoms with Crippen molar-refractivity contribution in [2.45, 2.75) is 26.3 Å². The zero-order valence-corrected chi connectivity index (χ0v) is 20.5. The monoisotopic (exact) mass is 564 g/mol. The number of piperidine rings is 1. The molecule has 2 aliphatic heterocycles. The molecule has 2 aliphatic rings. The zero-order valence-electron chi connectivity index (χ0n) is 16.6. The van der Waals surface area contributed by atoms with Crippen molar-refractivity contribution in [1.29, 1.82) is 0 Å². The first-order valence-electron chi connectivity index (χ1n) is 9.65. The topological polar surface area (TPSA) is 57.2 Å². The number of morpholine rings is 1. The molecule has 6 nitrogen and oxygen atoms in total. The molecule has 28 heavy (non-hydrogen) atoms. The van der Waals surface area contributed by atoms with Gasteiger partial charge in [-0.3, -0.25) is 9.79 Å². The van der Waals surface area contributed by atoms with Crippen LogP contribution in [0.3, 0.4) is 0 Å². The summed E-state index contributed by atoms with van der Waals surface area (Å²) in [5.41, 5.74) is 2.51. The number of likely N-dealkylation sites (tertiary alicyclic amines) is 1. The second-order valence-corrected chi connectivity index (χ2v) is 8.09. The van der Waals surface area contributed by atoms with Crippen LogP contribution in [0.1, 0.15) is 24.0 Å². The van der Waals surface area contributed by atoms with Crippen molar-refractivity contribution in [2.75, 3.05) is 46.4 Å². The number of aliphatic imine (C=N–C) groups is 1. The van der Waals surface area contributed by atoms with E-state index in [0.29, 0.717) is 19.1 Å². The quantitative estimate of drug-likeness (QED) is 0.348. The Bertz CT molecular complexity index is 687. The number of rotatable bonds is 3. The van der Waals surface area contributed by atoms with Crippen LogP contribution in [0.15, 0.2) is 27.7 Å². The first-order valence-corrected chi connectivity index (χ1v) is 10.4. The summed E-state index contributed by atoms with van der Waals surface area (Å²) >= 11 is 3.51. The highest BCUT2D eigenvalue weighted by molar-refractivity contribution is 14.0. The predicted molar refractivity (Wildman–Crippen MR) is 126 cm³/mol. The SMILES string of the molecule is CN=C(NCc1ccc(Br)cc1C)N1CCC(C(=O)N2CCOCC2)CC1.I. The third kappa shape index (κ3) is 6.06. The molecule has 3 rings (SSSR count). The molecule has 0 radical (unpaired) electrons. The van der Waals surface area contributed by atoms with Gasteiger partial charge in [-0.15, -0.1) is 24.0 Å². The van der Waals surface area contributed by atoms with Gasteiger partial charge in [0.2, 0.25) is 5.91 Å². The van der Waals surface area contributed by atoms with E-state index in [0.717, 1.165) is 56.0 Å². The average Bonchev–Trinajstić information content (AvgIpc) is 2.70. The van der Waals surface area contributed by atoms with Crippen molar-refractivity contribution in [1.82, 2.24) is 15.1 Å². The fourth-order valence-corrected chi connectivity index (χ4v) is 4.22. The maximum absolute atomic E-state index is 12.7. The van der Waals surface area contributed by atoms with Crippen LogP contribution in [0.5, 0.6) is 0 Å². The molecule has 2 fully saturated rings. The molecule has 8 heteroatoms. The molecular formula is C20H30BrIN4O2. The van der Waals surface area contributed by atoms with Gasteiger partial charge in [-0.2, -0.15) is 0 Å². The first kappa shape index (κ1) is 23.4. The summed E-state index contributed by atoms with van der Waals surface area (Å²) in [6.45, 7) is 7.38. The minimum absolute atomic E-state index is 0. The fraction of sp³-hybridized carbons (Fsp3) is 0.600. The molecule has 1 aromatic rings. The number of ether oxygens (including phenoxy) is 1. The highest BCUT2D eigenvalue weighted by atomic mass is 127. The number of aryl methyl sites for hydroxylation is 1. The number of nitrogens with zero attached hydrogens (tertiary/aromatic N) is 3. The summed E-state index contributed by atoms with van der Waals surface area (Å²) in [6.07, 6.45) is 1.77. The van der Waals surface area contributed by atoms with Gasteiger partial charge in [0, 0.05) is 50.2 Å². The lowest BCUT2D eigenvalue weighted by Gasteiger charge is -2.36. The van der Waals surface area contributed by atoms with E-state index < -0.39 is 0 Å². The molecule has 0 atom stereocenters. The second-order valence-electron chi connectivity index (χ2n) is 7.17. The Balaban J connectivity index is 0.00000280. The van der Waals surface area contributed by atoms with Crippen molar-refractivity contribution in [3.8, 4) is 0 Å². The number of benzene rings is 1. The van der Waals surface area contributed by atoms with E-state index in [2.05, 4.69) is 56.3 Å². The molecule has 1 amide bonds. The largest absolute Gasteiger partial charge is 0.378 e. The van der Waals surface area contributed by atoms with Gasteiger partial charge in [-0.1, -0.05) is 22.0 Å². The summed E-state index contributed by atoms with van der Waals surface area (Å²) in [5.74, 6) is 1.34. The number of carbonyl (C=O) groups is 1. The van der Waals surface area contributed by atoms with E-state index in [1.165, 1.54) is 11.1 Å². The number of amides is 1. The Labute approximate surface area is 193 Å². The first-order chi connectivity index (χ1) is 13.1. The molecule has 1 N–H and O–H groups in total.